The maximum absolute atomic E-state index is 14.8. The number of benzene rings is 12. The Kier molecular flexibility index (Phi) is 41.1. The number of ether oxygens (including phenoxy) is 18. The minimum atomic E-state index is -0.837. The average molecular weight is 2010 g/mol. The van der Waals surface area contributed by atoms with E-state index in [9.17, 15) is 36.7 Å². The Balaban J connectivity index is 0.000000163. The highest BCUT2D eigenvalue weighted by molar-refractivity contribution is 5.77. The highest BCUT2D eigenvalue weighted by atomic mass is 19.1. The van der Waals surface area contributed by atoms with Gasteiger partial charge in [0.05, 0.1) is 94.8 Å². The average Bonchev–Trinajstić information content (AvgIpc) is 0.809. The van der Waals surface area contributed by atoms with Crippen LogP contribution in [0.1, 0.15) is 199 Å². The maximum Gasteiger partial charge on any atom is 0.306 e. The molecule has 4 aliphatic heterocycles. The van der Waals surface area contributed by atoms with Gasteiger partial charge in [0.15, 0.2) is 25.2 Å². The Morgan fingerprint density at radius 2 is 0.514 bits per heavy atom. The molecule has 12 aromatic rings. The fourth-order valence-electron chi connectivity index (χ4n) is 17.0. The molecule has 8 atom stereocenters. The van der Waals surface area contributed by atoms with E-state index < -0.39 is 24.5 Å². The first-order chi connectivity index (χ1) is 70.8. The van der Waals surface area contributed by atoms with Gasteiger partial charge in [0, 0.05) is 70.2 Å². The SMILES string of the molecule is COC(=O)C[C@@H](C)c1cccc(OCc2ccc(-c3cc(OC)ccc3F)c(OC3CCCCO3)c2)c1.COC(=O)C[C@H](C)c1cccc(OCc2ccc(-c3cc(OC)ccc3F)c(OC3CCCCO3)c2)c1.COc1ccc(F)c(-c2ccc(COc3cccc([C@@H](C)CC(=O)O)c3)cc2OC2CCCCO2)c1.COc1ccc(F)c(-c2ccc(COc3cccc([C@H](C)CC(=O)O)c3)cc2OC2CCCCO2)c1. The molecule has 2 N–H and O–H groups in total. The van der Waals surface area contributed by atoms with Crippen molar-refractivity contribution < 1.29 is 132 Å². The molecule has 0 saturated carbocycles. The lowest BCUT2D eigenvalue weighted by Gasteiger charge is -2.25. The molecule has 0 spiro atoms. The molecule has 0 aromatic heterocycles. The summed E-state index contributed by atoms with van der Waals surface area (Å²) in [5.74, 6) is 3.08. The topological polar surface area (TPSA) is 275 Å². The molecular weight excluding hydrogens is 1880 g/mol. The summed E-state index contributed by atoms with van der Waals surface area (Å²) < 4.78 is 162. The third-order valence-electron chi connectivity index (χ3n) is 25.3. The molecule has 28 heteroatoms. The Morgan fingerprint density at radius 1 is 0.281 bits per heavy atom. The first-order valence-corrected chi connectivity index (χ1v) is 49.3. The standard InChI is InChI=1S/2C30H33FO6.2C29H31FO6/c2*1-20(15-29(32)34-3)22-7-6-8-24(17-22)36-19-21-10-12-25(26-18-23(33-2)11-13-27(26)31)28(16-21)37-30-9-4-5-14-35-30;2*1-19(14-28(31)32)21-6-5-7-23(16-21)35-18-20-9-11-24(25-17-22(33-2)10-12-26(25)30)27(15-20)36-29-8-3-4-13-34-29/h2*6-8,10-13,16-18,20,30H,4-5,9,14-15,19H2,1-3H3;2*5-7,9-12,15-17,19,29H,3-4,8,13-14,18H2,1-2H3,(H,31,32)/t2*20-,30?;2*19-,29?/m1010/s1. The van der Waals surface area contributed by atoms with Gasteiger partial charge in [-0.15, -0.1) is 0 Å². The summed E-state index contributed by atoms with van der Waals surface area (Å²) >= 11 is 0. The van der Waals surface area contributed by atoms with Gasteiger partial charge in [0.25, 0.3) is 0 Å². The van der Waals surface area contributed by atoms with Crippen LogP contribution in [0, 0.1) is 23.3 Å². The molecule has 772 valence electrons. The number of hydrogen-bond acceptors (Lipinski definition) is 22. The summed E-state index contributed by atoms with van der Waals surface area (Å²) in [7, 11) is 8.97. The Morgan fingerprint density at radius 3 is 0.719 bits per heavy atom. The molecule has 4 fully saturated rings. The van der Waals surface area contributed by atoms with Crippen molar-refractivity contribution in [3.63, 3.8) is 0 Å². The molecule has 4 aliphatic rings. The zero-order chi connectivity index (χ0) is 103. The molecule has 16 rings (SSSR count). The predicted molar refractivity (Wildman–Crippen MR) is 545 cm³/mol. The summed E-state index contributed by atoms with van der Waals surface area (Å²) in [6.07, 6.45) is 10.3. The third kappa shape index (κ3) is 32.3. The predicted octanol–water partition coefficient (Wildman–Crippen LogP) is 26.4. The van der Waals surface area contributed by atoms with E-state index in [2.05, 4.69) is 0 Å². The summed E-state index contributed by atoms with van der Waals surface area (Å²) in [6.45, 7) is 11.4. The second kappa shape index (κ2) is 55.1. The second-order valence-electron chi connectivity index (χ2n) is 36.2. The van der Waals surface area contributed by atoms with Gasteiger partial charge in [0.1, 0.15) is 119 Å². The lowest BCUT2D eigenvalue weighted by Crippen LogP contribution is -2.25. The van der Waals surface area contributed by atoms with Gasteiger partial charge in [-0.25, -0.2) is 17.6 Å². The number of carboxylic acids is 2. The quantitative estimate of drug-likeness (QED) is 0.0267. The monoisotopic (exact) mass is 2000 g/mol. The molecular formula is C118H128F4O24. The fraction of sp³-hybridized carbons (Fsp3) is 0.356. The van der Waals surface area contributed by atoms with E-state index in [1.54, 1.807) is 77.0 Å². The van der Waals surface area contributed by atoms with Crippen molar-refractivity contribution in [3.05, 3.63) is 310 Å². The zero-order valence-electron chi connectivity index (χ0n) is 84.1. The normalized spacial score (nSPS) is 16.2. The number of esters is 2. The number of halogens is 4. The van der Waals surface area contributed by atoms with Gasteiger partial charge in [0.2, 0.25) is 0 Å². The van der Waals surface area contributed by atoms with Crippen LogP contribution in [0.2, 0.25) is 0 Å². The highest BCUT2D eigenvalue weighted by Crippen LogP contribution is 2.44. The lowest BCUT2D eigenvalue weighted by molar-refractivity contribution is -0.141. The Hall–Kier alpha value is -14.3. The number of aliphatic carboxylic acids is 2. The van der Waals surface area contributed by atoms with E-state index in [1.165, 1.54) is 38.5 Å². The molecule has 12 aromatic carbocycles. The van der Waals surface area contributed by atoms with E-state index >= 15 is 0 Å². The van der Waals surface area contributed by atoms with Gasteiger partial charge in [-0.05, 0) is 265 Å². The van der Waals surface area contributed by atoms with Crippen molar-refractivity contribution in [1.82, 2.24) is 0 Å². The second-order valence-corrected chi connectivity index (χ2v) is 36.2. The highest BCUT2D eigenvalue weighted by Gasteiger charge is 2.28. The number of carbonyl (C=O) groups is 4. The maximum atomic E-state index is 14.8. The smallest absolute Gasteiger partial charge is 0.306 e. The largest absolute Gasteiger partial charge is 0.497 e. The Bertz CT molecular complexity index is 5910. The van der Waals surface area contributed by atoms with Crippen LogP contribution in [0.4, 0.5) is 17.6 Å². The van der Waals surface area contributed by atoms with E-state index in [1.807, 2.05) is 198 Å². The number of carbonyl (C=O) groups excluding carboxylic acids is 2. The van der Waals surface area contributed by atoms with Crippen molar-refractivity contribution in [1.29, 1.82) is 0 Å². The first kappa shape index (κ1) is 109. The van der Waals surface area contributed by atoms with Gasteiger partial charge in [-0.1, -0.05) is 125 Å². The van der Waals surface area contributed by atoms with Crippen LogP contribution in [0.3, 0.4) is 0 Å². The summed E-state index contributed by atoms with van der Waals surface area (Å²) in [5, 5.41) is 18.2. The number of methoxy groups -OCH3 is 6. The van der Waals surface area contributed by atoms with Gasteiger partial charge in [-0.3, -0.25) is 19.2 Å². The van der Waals surface area contributed by atoms with Crippen molar-refractivity contribution >= 4 is 23.9 Å². The molecule has 4 saturated heterocycles. The van der Waals surface area contributed by atoms with Crippen LogP contribution >= 0.6 is 0 Å². The summed E-state index contributed by atoms with van der Waals surface area (Å²) in [4.78, 5) is 45.4. The Labute approximate surface area is 850 Å². The summed E-state index contributed by atoms with van der Waals surface area (Å²) in [6, 6.07) is 71.1. The van der Waals surface area contributed by atoms with Crippen molar-refractivity contribution in [2.45, 2.75) is 206 Å². The lowest BCUT2D eigenvalue weighted by atomic mass is 9.98. The van der Waals surface area contributed by atoms with Crippen LogP contribution in [0.5, 0.6) is 69.0 Å². The van der Waals surface area contributed by atoms with Crippen LogP contribution in [0.25, 0.3) is 44.5 Å². The van der Waals surface area contributed by atoms with Gasteiger partial charge in [-0.2, -0.15) is 0 Å². The first-order valence-electron chi connectivity index (χ1n) is 49.3. The fourth-order valence-corrected chi connectivity index (χ4v) is 17.0. The van der Waals surface area contributed by atoms with Crippen LogP contribution in [-0.4, -0.2) is 128 Å². The minimum Gasteiger partial charge on any atom is -0.497 e. The number of hydrogen-bond donors (Lipinski definition) is 2. The van der Waals surface area contributed by atoms with Crippen LogP contribution < -0.4 is 56.8 Å². The molecule has 4 heterocycles. The van der Waals surface area contributed by atoms with E-state index in [-0.39, 0.29) is 111 Å². The number of carboxylic acid groups (broad SMARTS) is 2. The van der Waals surface area contributed by atoms with Crippen molar-refractivity contribution in [2.24, 2.45) is 0 Å². The van der Waals surface area contributed by atoms with Crippen molar-refractivity contribution in [3.8, 4) is 114 Å². The molecule has 24 nitrogen and oxygen atoms in total. The molecule has 0 bridgehead atoms. The van der Waals surface area contributed by atoms with E-state index in [4.69, 9.17) is 95.5 Å². The van der Waals surface area contributed by atoms with Gasteiger partial charge >= 0.3 is 23.9 Å². The molecule has 0 aliphatic carbocycles. The number of rotatable bonds is 40. The minimum absolute atomic E-state index is 0.00328. The molecule has 0 amide bonds. The summed E-state index contributed by atoms with van der Waals surface area (Å²) in [5.41, 5.74) is 11.2. The van der Waals surface area contributed by atoms with Crippen molar-refractivity contribution in [2.75, 3.05) is 69.1 Å². The van der Waals surface area contributed by atoms with E-state index in [0.29, 0.717) is 153 Å². The molecule has 146 heavy (non-hydrogen) atoms. The molecule has 4 unspecified atom stereocenters. The van der Waals surface area contributed by atoms with Crippen LogP contribution in [-0.2, 0) is 74.0 Å². The van der Waals surface area contributed by atoms with Crippen LogP contribution in [0.15, 0.2) is 243 Å². The van der Waals surface area contributed by atoms with E-state index in [0.717, 1.165) is 122 Å². The zero-order valence-corrected chi connectivity index (χ0v) is 84.1. The third-order valence-corrected chi connectivity index (χ3v) is 25.3. The van der Waals surface area contributed by atoms with Gasteiger partial charge < -0.3 is 95.5 Å². The molecule has 0 radical (unpaired) electrons.